The van der Waals surface area contributed by atoms with Gasteiger partial charge in [-0.25, -0.2) is 10.1 Å². The lowest BCUT2D eigenvalue weighted by molar-refractivity contribution is -0.119. The van der Waals surface area contributed by atoms with Gasteiger partial charge in [-0.2, -0.15) is 9.78 Å². The molecule has 14 heteroatoms. The Labute approximate surface area is 210 Å². The van der Waals surface area contributed by atoms with Gasteiger partial charge < -0.3 is 20.9 Å². The third-order valence-corrected chi connectivity index (χ3v) is 5.00. The Morgan fingerprint density at radius 3 is 2.35 bits per heavy atom. The standard InChI is InChI=1S/C23H23N9O5/c1-3-35-16-10-6-15(7-11-16)20-19(27-31-32(20)22-21(25)29-37-30-22)23(34)28-26-13(2)14-4-8-17(9-5-14)36-12-18(24)33/h4-11H,3,12H2,1-2H3,(H2,24,33)(H2,25,29)(H,28,34)/b26-13-. The van der Waals surface area contributed by atoms with Gasteiger partial charge in [-0.05, 0) is 78.3 Å². The molecule has 2 aromatic heterocycles. The SMILES string of the molecule is CCOc1ccc(-c2c(C(=O)N/N=C(/C)c3ccc(OCC(N)=O)cc3)nnn2-c2nonc2N)cc1. The molecule has 0 atom stereocenters. The van der Waals surface area contributed by atoms with Crippen LogP contribution in [0.4, 0.5) is 5.82 Å². The molecule has 0 spiro atoms. The summed E-state index contributed by atoms with van der Waals surface area (Å²) in [5, 5.41) is 19.6. The highest BCUT2D eigenvalue weighted by atomic mass is 16.6. The molecule has 0 saturated carbocycles. The highest BCUT2D eigenvalue weighted by molar-refractivity contribution is 6.02. The first kappa shape index (κ1) is 24.8. The lowest BCUT2D eigenvalue weighted by Crippen LogP contribution is -2.21. The average Bonchev–Trinajstić information content (AvgIpc) is 3.53. The number of amides is 2. The van der Waals surface area contributed by atoms with Gasteiger partial charge in [-0.1, -0.05) is 5.21 Å². The van der Waals surface area contributed by atoms with Crippen molar-refractivity contribution in [1.82, 2.24) is 30.7 Å². The molecule has 0 aliphatic rings. The molecular weight excluding hydrogens is 482 g/mol. The van der Waals surface area contributed by atoms with Gasteiger partial charge in [0.1, 0.15) is 17.2 Å². The monoisotopic (exact) mass is 505 g/mol. The zero-order chi connectivity index (χ0) is 26.4. The molecule has 190 valence electrons. The summed E-state index contributed by atoms with van der Waals surface area (Å²) in [6.07, 6.45) is 0. The van der Waals surface area contributed by atoms with Gasteiger partial charge in [0.15, 0.2) is 12.3 Å². The van der Waals surface area contributed by atoms with E-state index < -0.39 is 11.8 Å². The van der Waals surface area contributed by atoms with Crippen LogP contribution in [0.3, 0.4) is 0 Å². The fourth-order valence-electron chi connectivity index (χ4n) is 3.25. The summed E-state index contributed by atoms with van der Waals surface area (Å²) in [6, 6.07) is 13.8. The number of hydrogen-bond acceptors (Lipinski definition) is 11. The number of carbonyl (C=O) groups excluding carboxylic acids is 2. The van der Waals surface area contributed by atoms with Crippen LogP contribution in [-0.4, -0.2) is 56.0 Å². The molecule has 0 aliphatic carbocycles. The van der Waals surface area contributed by atoms with E-state index in [1.165, 1.54) is 4.68 Å². The van der Waals surface area contributed by atoms with Gasteiger partial charge in [0.2, 0.25) is 11.6 Å². The quantitative estimate of drug-likeness (QED) is 0.208. The van der Waals surface area contributed by atoms with Crippen LogP contribution in [0.5, 0.6) is 11.5 Å². The first-order chi connectivity index (χ1) is 17.9. The number of rotatable bonds is 10. The molecule has 0 saturated heterocycles. The van der Waals surface area contributed by atoms with E-state index in [1.54, 1.807) is 55.5 Å². The number of carbonyl (C=O) groups is 2. The van der Waals surface area contributed by atoms with Gasteiger partial charge in [-0.15, -0.1) is 5.10 Å². The minimum absolute atomic E-state index is 0.0267. The first-order valence-electron chi connectivity index (χ1n) is 11.0. The minimum atomic E-state index is -0.620. The molecule has 37 heavy (non-hydrogen) atoms. The maximum absolute atomic E-state index is 13.1. The smallest absolute Gasteiger partial charge is 0.294 e. The van der Waals surface area contributed by atoms with Gasteiger partial charge in [0, 0.05) is 5.56 Å². The summed E-state index contributed by atoms with van der Waals surface area (Å²) >= 11 is 0. The lowest BCUT2D eigenvalue weighted by Gasteiger charge is -2.08. The molecule has 4 rings (SSSR count). The molecule has 0 aliphatic heterocycles. The highest BCUT2D eigenvalue weighted by Gasteiger charge is 2.25. The maximum atomic E-state index is 13.1. The fourth-order valence-corrected chi connectivity index (χ4v) is 3.25. The second kappa shape index (κ2) is 11.0. The van der Waals surface area contributed by atoms with Crippen LogP contribution in [0.1, 0.15) is 29.9 Å². The number of anilines is 1. The van der Waals surface area contributed by atoms with Crippen molar-refractivity contribution in [2.45, 2.75) is 13.8 Å². The number of nitrogens with one attached hydrogen (secondary N) is 1. The Morgan fingerprint density at radius 2 is 1.73 bits per heavy atom. The second-order valence-electron chi connectivity index (χ2n) is 7.55. The van der Waals surface area contributed by atoms with Gasteiger partial charge >= 0.3 is 0 Å². The Balaban J connectivity index is 1.59. The average molecular weight is 505 g/mol. The van der Waals surface area contributed by atoms with Crippen molar-refractivity contribution in [3.8, 4) is 28.6 Å². The molecule has 5 N–H and O–H groups in total. The van der Waals surface area contributed by atoms with Crippen molar-refractivity contribution in [1.29, 1.82) is 0 Å². The van der Waals surface area contributed by atoms with Crippen molar-refractivity contribution in [2.75, 3.05) is 18.9 Å². The molecule has 2 heterocycles. The van der Waals surface area contributed by atoms with Crippen LogP contribution >= 0.6 is 0 Å². The van der Waals surface area contributed by atoms with Crippen molar-refractivity contribution >= 4 is 23.3 Å². The summed E-state index contributed by atoms with van der Waals surface area (Å²) in [5.41, 5.74) is 15.5. The largest absolute Gasteiger partial charge is 0.494 e. The summed E-state index contributed by atoms with van der Waals surface area (Å²) < 4.78 is 16.7. The zero-order valence-electron chi connectivity index (χ0n) is 19.9. The molecule has 4 aromatic rings. The number of nitrogens with two attached hydrogens (primary N) is 2. The predicted molar refractivity (Wildman–Crippen MR) is 131 cm³/mol. The summed E-state index contributed by atoms with van der Waals surface area (Å²) in [7, 11) is 0. The van der Waals surface area contributed by atoms with Crippen LogP contribution in [0, 0.1) is 0 Å². The summed E-state index contributed by atoms with van der Waals surface area (Å²) in [6.45, 7) is 3.87. The van der Waals surface area contributed by atoms with Crippen LogP contribution in [0.15, 0.2) is 58.3 Å². The van der Waals surface area contributed by atoms with Crippen molar-refractivity contribution < 1.29 is 23.7 Å². The Bertz CT molecular complexity index is 1430. The van der Waals surface area contributed by atoms with Crippen molar-refractivity contribution in [3.05, 3.63) is 59.8 Å². The van der Waals surface area contributed by atoms with E-state index in [1.807, 2.05) is 6.92 Å². The van der Waals surface area contributed by atoms with Crippen LogP contribution < -0.4 is 26.4 Å². The zero-order valence-corrected chi connectivity index (χ0v) is 19.9. The van der Waals surface area contributed by atoms with E-state index in [4.69, 9.17) is 20.9 Å². The summed E-state index contributed by atoms with van der Waals surface area (Å²) in [4.78, 5) is 24.0. The van der Waals surface area contributed by atoms with Crippen molar-refractivity contribution in [2.24, 2.45) is 10.8 Å². The Kier molecular flexibility index (Phi) is 7.37. The van der Waals surface area contributed by atoms with Gasteiger partial charge in [-0.3, -0.25) is 9.59 Å². The number of nitrogen functional groups attached to an aromatic ring is 1. The minimum Gasteiger partial charge on any atom is -0.494 e. The number of aromatic nitrogens is 5. The molecule has 0 radical (unpaired) electrons. The molecule has 2 amide bonds. The van der Waals surface area contributed by atoms with Crippen LogP contribution in [0.25, 0.3) is 17.1 Å². The third-order valence-electron chi connectivity index (χ3n) is 5.00. The topological polar surface area (TPSA) is 199 Å². The van der Waals surface area contributed by atoms with Crippen molar-refractivity contribution in [3.63, 3.8) is 0 Å². The number of benzene rings is 2. The van der Waals surface area contributed by atoms with E-state index in [2.05, 4.69) is 35.8 Å². The number of hydrogen-bond donors (Lipinski definition) is 3. The normalized spacial score (nSPS) is 11.2. The first-order valence-corrected chi connectivity index (χ1v) is 11.0. The maximum Gasteiger partial charge on any atom is 0.294 e. The van der Waals surface area contributed by atoms with E-state index in [9.17, 15) is 9.59 Å². The van der Waals surface area contributed by atoms with Crippen LogP contribution in [-0.2, 0) is 4.79 Å². The number of nitrogens with zero attached hydrogens (tertiary/aromatic N) is 6. The van der Waals surface area contributed by atoms with E-state index in [0.29, 0.717) is 40.6 Å². The van der Waals surface area contributed by atoms with Gasteiger partial charge in [0.05, 0.1) is 12.3 Å². The third kappa shape index (κ3) is 5.70. The van der Waals surface area contributed by atoms with Crippen LogP contribution in [0.2, 0.25) is 0 Å². The lowest BCUT2D eigenvalue weighted by atomic mass is 10.1. The number of hydrazone groups is 1. The molecule has 0 fully saturated rings. The van der Waals surface area contributed by atoms with E-state index in [-0.39, 0.29) is 23.9 Å². The van der Waals surface area contributed by atoms with E-state index in [0.717, 1.165) is 0 Å². The fraction of sp³-hybridized carbons (Fsp3) is 0.174. The number of ether oxygens (including phenoxy) is 2. The predicted octanol–water partition coefficient (Wildman–Crippen LogP) is 1.32. The number of primary amides is 1. The molecule has 14 nitrogen and oxygen atoms in total. The Hall–Kier alpha value is -5.27. The molecular formula is C23H23N9O5. The second-order valence-corrected chi connectivity index (χ2v) is 7.55. The Morgan fingerprint density at radius 1 is 1.05 bits per heavy atom. The summed E-state index contributed by atoms with van der Waals surface area (Å²) in [5.74, 6) is -0.0165. The van der Waals surface area contributed by atoms with Gasteiger partial charge in [0.25, 0.3) is 11.8 Å². The van der Waals surface area contributed by atoms with E-state index >= 15 is 0 Å². The molecule has 0 bridgehead atoms. The highest BCUT2D eigenvalue weighted by Crippen LogP contribution is 2.28. The molecule has 2 aromatic carbocycles. The molecule has 0 unspecified atom stereocenters.